The highest BCUT2D eigenvalue weighted by Crippen LogP contribution is 2.24. The Morgan fingerprint density at radius 2 is 2.11 bits per heavy atom. The van der Waals surface area contributed by atoms with Crippen LogP contribution < -0.4 is 10.1 Å². The van der Waals surface area contributed by atoms with Crippen LogP contribution in [0.25, 0.3) is 0 Å². The van der Waals surface area contributed by atoms with Crippen LogP contribution in [0.1, 0.15) is 24.1 Å². The average Bonchev–Trinajstić information content (AvgIpc) is 2.45. The van der Waals surface area contributed by atoms with Crippen LogP contribution in [0.5, 0.6) is 5.75 Å². The molecule has 1 N–H and O–H groups in total. The van der Waals surface area contributed by atoms with Crippen LogP contribution in [0, 0.1) is 0 Å². The third kappa shape index (κ3) is 3.78. The molecular formula is C15H17BrN2O. The second-order valence-electron chi connectivity index (χ2n) is 4.36. The van der Waals surface area contributed by atoms with Gasteiger partial charge in [-0.05, 0) is 40.5 Å². The largest absolute Gasteiger partial charge is 0.496 e. The number of halogens is 1. The Bertz CT molecular complexity index is 545. The molecule has 2 rings (SSSR count). The molecule has 1 heterocycles. The lowest BCUT2D eigenvalue weighted by molar-refractivity contribution is 0.401. The summed E-state index contributed by atoms with van der Waals surface area (Å²) in [5.74, 6) is 0.912. The molecule has 1 atom stereocenters. The van der Waals surface area contributed by atoms with Gasteiger partial charge in [0.05, 0.1) is 7.11 Å². The van der Waals surface area contributed by atoms with Crippen molar-refractivity contribution in [3.63, 3.8) is 0 Å². The molecule has 0 bridgehead atoms. The predicted molar refractivity (Wildman–Crippen MR) is 80.2 cm³/mol. The number of benzene rings is 1. The number of pyridine rings is 1. The van der Waals surface area contributed by atoms with Crippen molar-refractivity contribution in [2.24, 2.45) is 0 Å². The molecule has 0 amide bonds. The summed E-state index contributed by atoms with van der Waals surface area (Å²) in [6, 6.07) is 10.3. The quantitative estimate of drug-likeness (QED) is 0.912. The number of aromatic nitrogens is 1. The minimum absolute atomic E-state index is 0.218. The number of hydrogen-bond acceptors (Lipinski definition) is 3. The molecule has 1 aromatic carbocycles. The topological polar surface area (TPSA) is 34.1 Å². The standard InChI is InChI=1S/C15H17BrN2O/c1-11(14-5-3-4-6-15(14)19-2)18-9-12-7-13(16)10-17-8-12/h3-8,10-11,18H,9H2,1-2H3/t11-/m1/s1. The predicted octanol–water partition coefficient (Wildman–Crippen LogP) is 3.70. The minimum atomic E-state index is 0.218. The molecule has 0 saturated heterocycles. The van der Waals surface area contributed by atoms with Crippen molar-refractivity contribution < 1.29 is 4.74 Å². The zero-order valence-electron chi connectivity index (χ0n) is 11.1. The van der Waals surface area contributed by atoms with E-state index in [0.29, 0.717) is 0 Å². The fourth-order valence-corrected chi connectivity index (χ4v) is 2.37. The Labute approximate surface area is 122 Å². The number of methoxy groups -OCH3 is 1. The second kappa shape index (κ2) is 6.68. The number of nitrogens with zero attached hydrogens (tertiary/aromatic N) is 1. The molecule has 1 aromatic heterocycles. The van der Waals surface area contributed by atoms with E-state index in [2.05, 4.69) is 45.3 Å². The van der Waals surface area contributed by atoms with Gasteiger partial charge in [0.2, 0.25) is 0 Å². The molecule has 0 spiro atoms. The number of ether oxygens (including phenoxy) is 1. The summed E-state index contributed by atoms with van der Waals surface area (Å²) in [6.07, 6.45) is 3.65. The summed E-state index contributed by atoms with van der Waals surface area (Å²) in [5, 5.41) is 3.48. The van der Waals surface area contributed by atoms with Gasteiger partial charge in [-0.2, -0.15) is 0 Å². The maximum atomic E-state index is 5.38. The van der Waals surface area contributed by atoms with Crippen LogP contribution in [0.2, 0.25) is 0 Å². The van der Waals surface area contributed by atoms with Gasteiger partial charge in [-0.1, -0.05) is 18.2 Å². The molecule has 0 saturated carbocycles. The highest BCUT2D eigenvalue weighted by molar-refractivity contribution is 9.10. The van der Waals surface area contributed by atoms with E-state index in [9.17, 15) is 0 Å². The maximum Gasteiger partial charge on any atom is 0.123 e. The van der Waals surface area contributed by atoms with Crippen LogP contribution in [-0.2, 0) is 6.54 Å². The Kier molecular flexibility index (Phi) is 4.93. The van der Waals surface area contributed by atoms with Gasteiger partial charge in [-0.15, -0.1) is 0 Å². The van der Waals surface area contributed by atoms with Crippen molar-refractivity contribution in [1.82, 2.24) is 10.3 Å². The zero-order chi connectivity index (χ0) is 13.7. The Morgan fingerprint density at radius 1 is 1.32 bits per heavy atom. The normalized spacial score (nSPS) is 12.2. The molecule has 0 aliphatic rings. The molecule has 4 heteroatoms. The van der Waals surface area contributed by atoms with Gasteiger partial charge < -0.3 is 10.1 Å². The number of hydrogen-bond donors (Lipinski definition) is 1. The van der Waals surface area contributed by atoms with Gasteiger partial charge >= 0.3 is 0 Å². The highest BCUT2D eigenvalue weighted by atomic mass is 79.9. The van der Waals surface area contributed by atoms with Gasteiger partial charge in [0.1, 0.15) is 5.75 Å². The summed E-state index contributed by atoms with van der Waals surface area (Å²) in [4.78, 5) is 4.16. The first-order chi connectivity index (χ1) is 9.20. The molecule has 0 aliphatic carbocycles. The van der Waals surface area contributed by atoms with E-state index in [1.165, 1.54) is 0 Å². The van der Waals surface area contributed by atoms with Crippen molar-refractivity contribution in [1.29, 1.82) is 0 Å². The van der Waals surface area contributed by atoms with Crippen molar-refractivity contribution in [2.45, 2.75) is 19.5 Å². The molecule has 19 heavy (non-hydrogen) atoms. The van der Waals surface area contributed by atoms with Gasteiger partial charge in [0, 0.05) is 35.0 Å². The number of rotatable bonds is 5. The van der Waals surface area contributed by atoms with Crippen molar-refractivity contribution >= 4 is 15.9 Å². The lowest BCUT2D eigenvalue weighted by atomic mass is 10.1. The van der Waals surface area contributed by atoms with Crippen LogP contribution in [0.15, 0.2) is 47.2 Å². The van der Waals surface area contributed by atoms with E-state index in [0.717, 1.165) is 27.9 Å². The van der Waals surface area contributed by atoms with Crippen molar-refractivity contribution in [3.8, 4) is 5.75 Å². The molecule has 3 nitrogen and oxygen atoms in total. The maximum absolute atomic E-state index is 5.38. The van der Waals surface area contributed by atoms with Gasteiger partial charge in [-0.25, -0.2) is 0 Å². The van der Waals surface area contributed by atoms with Gasteiger partial charge in [-0.3, -0.25) is 4.98 Å². The van der Waals surface area contributed by atoms with Crippen LogP contribution in [-0.4, -0.2) is 12.1 Å². The fourth-order valence-electron chi connectivity index (χ4n) is 1.96. The Hall–Kier alpha value is -1.39. The van der Waals surface area contributed by atoms with E-state index in [1.807, 2.05) is 24.4 Å². The monoisotopic (exact) mass is 320 g/mol. The lowest BCUT2D eigenvalue weighted by Gasteiger charge is -2.17. The molecule has 0 unspecified atom stereocenters. The zero-order valence-corrected chi connectivity index (χ0v) is 12.6. The van der Waals surface area contributed by atoms with E-state index in [-0.39, 0.29) is 6.04 Å². The smallest absolute Gasteiger partial charge is 0.123 e. The van der Waals surface area contributed by atoms with Crippen LogP contribution in [0.4, 0.5) is 0 Å². The summed E-state index contributed by atoms with van der Waals surface area (Å²) in [7, 11) is 1.70. The lowest BCUT2D eigenvalue weighted by Crippen LogP contribution is -2.18. The molecule has 100 valence electrons. The first-order valence-corrected chi connectivity index (χ1v) is 6.95. The Morgan fingerprint density at radius 3 is 2.84 bits per heavy atom. The first kappa shape index (κ1) is 14.0. The van der Waals surface area contributed by atoms with Crippen LogP contribution >= 0.6 is 15.9 Å². The minimum Gasteiger partial charge on any atom is -0.496 e. The fraction of sp³-hybridized carbons (Fsp3) is 0.267. The first-order valence-electron chi connectivity index (χ1n) is 6.16. The molecule has 0 aliphatic heterocycles. The molecule has 0 fully saturated rings. The van der Waals surface area contributed by atoms with Gasteiger partial charge in [0.15, 0.2) is 0 Å². The average molecular weight is 321 g/mol. The SMILES string of the molecule is COc1ccccc1[C@@H](C)NCc1cncc(Br)c1. The third-order valence-electron chi connectivity index (χ3n) is 2.98. The third-order valence-corrected chi connectivity index (χ3v) is 3.41. The number of nitrogens with one attached hydrogen (secondary N) is 1. The second-order valence-corrected chi connectivity index (χ2v) is 5.27. The summed E-state index contributed by atoms with van der Waals surface area (Å²) in [5.41, 5.74) is 2.31. The van der Waals surface area contributed by atoms with E-state index in [4.69, 9.17) is 4.74 Å². The highest BCUT2D eigenvalue weighted by Gasteiger charge is 2.10. The van der Waals surface area contributed by atoms with Gasteiger partial charge in [0.25, 0.3) is 0 Å². The summed E-state index contributed by atoms with van der Waals surface area (Å²) in [6.45, 7) is 2.90. The van der Waals surface area contributed by atoms with Crippen molar-refractivity contribution in [3.05, 3.63) is 58.3 Å². The van der Waals surface area contributed by atoms with Crippen LogP contribution in [0.3, 0.4) is 0 Å². The molecular weight excluding hydrogens is 304 g/mol. The summed E-state index contributed by atoms with van der Waals surface area (Å²) >= 11 is 3.43. The summed E-state index contributed by atoms with van der Waals surface area (Å²) < 4.78 is 6.37. The number of para-hydroxylation sites is 1. The van der Waals surface area contributed by atoms with E-state index < -0.39 is 0 Å². The van der Waals surface area contributed by atoms with E-state index in [1.54, 1.807) is 13.3 Å². The van der Waals surface area contributed by atoms with E-state index >= 15 is 0 Å². The molecule has 0 radical (unpaired) electrons. The van der Waals surface area contributed by atoms with Crippen molar-refractivity contribution in [2.75, 3.05) is 7.11 Å². The molecule has 2 aromatic rings. The Balaban J connectivity index is 2.03.